The fraction of sp³-hybridized carbons (Fsp3) is 0.318. The van der Waals surface area contributed by atoms with Gasteiger partial charge in [0, 0.05) is 0 Å². The van der Waals surface area contributed by atoms with Crippen LogP contribution >= 0.6 is 0 Å². The summed E-state index contributed by atoms with van der Waals surface area (Å²) in [5, 5.41) is 5.04. The van der Waals surface area contributed by atoms with E-state index in [0.29, 0.717) is 22.9 Å². The Labute approximate surface area is 180 Å². The van der Waals surface area contributed by atoms with Gasteiger partial charge in [-0.25, -0.2) is 4.79 Å². The smallest absolute Gasteiger partial charge is 0.344 e. The van der Waals surface area contributed by atoms with Crippen molar-refractivity contribution in [3.8, 4) is 17.2 Å². The number of anilines is 1. The molecule has 0 aliphatic carbocycles. The third kappa shape index (κ3) is 7.54. The molecule has 0 fully saturated rings. The molecule has 9 heteroatoms. The summed E-state index contributed by atoms with van der Waals surface area (Å²) in [7, 11) is 2.99. The zero-order chi connectivity index (χ0) is 22.8. The number of methoxy groups -OCH3 is 2. The van der Waals surface area contributed by atoms with Crippen molar-refractivity contribution in [2.24, 2.45) is 0 Å². The van der Waals surface area contributed by atoms with Gasteiger partial charge in [-0.2, -0.15) is 0 Å². The van der Waals surface area contributed by atoms with Crippen LogP contribution in [-0.4, -0.2) is 51.8 Å². The maximum atomic E-state index is 12.1. The first-order valence-corrected chi connectivity index (χ1v) is 9.46. The maximum Gasteiger partial charge on any atom is 0.344 e. The third-order valence-electron chi connectivity index (χ3n) is 4.10. The molecule has 2 rings (SSSR count). The molecule has 31 heavy (non-hydrogen) atoms. The number of carbonyl (C=O) groups is 3. The van der Waals surface area contributed by atoms with Crippen molar-refractivity contribution in [2.45, 2.75) is 13.8 Å². The van der Waals surface area contributed by atoms with Crippen LogP contribution in [0.4, 0.5) is 5.69 Å². The normalized spacial score (nSPS) is 10.1. The fourth-order valence-corrected chi connectivity index (χ4v) is 2.56. The third-order valence-corrected chi connectivity index (χ3v) is 4.10. The number of benzene rings is 2. The zero-order valence-electron chi connectivity index (χ0n) is 17.9. The summed E-state index contributed by atoms with van der Waals surface area (Å²) in [5.41, 5.74) is 2.42. The summed E-state index contributed by atoms with van der Waals surface area (Å²) in [6.07, 6.45) is 0. The first kappa shape index (κ1) is 23.5. The number of carbonyl (C=O) groups excluding carboxylic acids is 3. The highest BCUT2D eigenvalue weighted by Crippen LogP contribution is 2.27. The molecule has 9 nitrogen and oxygen atoms in total. The molecule has 0 aromatic heterocycles. The van der Waals surface area contributed by atoms with Crippen LogP contribution in [0.1, 0.15) is 11.1 Å². The largest absolute Gasteiger partial charge is 0.495 e. The van der Waals surface area contributed by atoms with Crippen LogP contribution in [0.15, 0.2) is 36.4 Å². The van der Waals surface area contributed by atoms with Crippen molar-refractivity contribution >= 4 is 23.5 Å². The lowest BCUT2D eigenvalue weighted by Crippen LogP contribution is -2.36. The van der Waals surface area contributed by atoms with Gasteiger partial charge in [-0.15, -0.1) is 0 Å². The molecule has 0 heterocycles. The Hall–Kier alpha value is -3.75. The van der Waals surface area contributed by atoms with Crippen molar-refractivity contribution in [1.82, 2.24) is 5.32 Å². The van der Waals surface area contributed by atoms with Gasteiger partial charge < -0.3 is 29.6 Å². The van der Waals surface area contributed by atoms with E-state index in [1.54, 1.807) is 24.3 Å². The predicted molar refractivity (Wildman–Crippen MR) is 114 cm³/mol. The van der Waals surface area contributed by atoms with E-state index in [0.717, 1.165) is 11.1 Å². The maximum absolute atomic E-state index is 12.1. The van der Waals surface area contributed by atoms with Crippen molar-refractivity contribution < 1.29 is 33.3 Å². The second-order valence-corrected chi connectivity index (χ2v) is 6.63. The van der Waals surface area contributed by atoms with E-state index >= 15 is 0 Å². The zero-order valence-corrected chi connectivity index (χ0v) is 17.9. The van der Waals surface area contributed by atoms with Crippen molar-refractivity contribution in [3.63, 3.8) is 0 Å². The first-order valence-electron chi connectivity index (χ1n) is 9.46. The predicted octanol–water partition coefficient (Wildman–Crippen LogP) is 2.00. The Morgan fingerprint density at radius 1 is 0.806 bits per heavy atom. The number of hydrogen-bond donors (Lipinski definition) is 2. The molecule has 0 saturated carbocycles. The van der Waals surface area contributed by atoms with Gasteiger partial charge in [0.15, 0.2) is 24.7 Å². The van der Waals surface area contributed by atoms with Gasteiger partial charge in [0.2, 0.25) is 5.91 Å². The highest BCUT2D eigenvalue weighted by Gasteiger charge is 2.13. The van der Waals surface area contributed by atoms with E-state index < -0.39 is 24.4 Å². The van der Waals surface area contributed by atoms with E-state index in [1.165, 1.54) is 14.2 Å². The molecule has 166 valence electrons. The average Bonchev–Trinajstić information content (AvgIpc) is 2.75. The van der Waals surface area contributed by atoms with Crippen molar-refractivity contribution in [2.75, 3.05) is 39.3 Å². The second-order valence-electron chi connectivity index (χ2n) is 6.63. The lowest BCUT2D eigenvalue weighted by Gasteiger charge is -2.12. The van der Waals surface area contributed by atoms with Crippen molar-refractivity contribution in [1.29, 1.82) is 0 Å². The van der Waals surface area contributed by atoms with E-state index in [-0.39, 0.29) is 13.2 Å². The van der Waals surface area contributed by atoms with Gasteiger partial charge in [0.25, 0.3) is 5.91 Å². The van der Waals surface area contributed by atoms with E-state index in [1.807, 2.05) is 26.0 Å². The number of ether oxygens (including phenoxy) is 4. The average molecular weight is 430 g/mol. The highest BCUT2D eigenvalue weighted by molar-refractivity contribution is 5.96. The fourth-order valence-electron chi connectivity index (χ4n) is 2.56. The molecule has 2 aromatic rings. The second kappa shape index (κ2) is 11.4. The van der Waals surface area contributed by atoms with Crippen LogP contribution in [-0.2, 0) is 19.1 Å². The molecule has 0 bridgehead atoms. The number of rotatable bonds is 10. The monoisotopic (exact) mass is 430 g/mol. The molecule has 0 radical (unpaired) electrons. The molecule has 0 spiro atoms. The van der Waals surface area contributed by atoms with Crippen molar-refractivity contribution in [3.05, 3.63) is 47.5 Å². The number of esters is 1. The minimum atomic E-state index is -0.730. The molecular formula is C22H26N2O7. The molecule has 2 aromatic carbocycles. The molecule has 0 unspecified atom stereocenters. The van der Waals surface area contributed by atoms with Crippen LogP contribution < -0.4 is 24.8 Å². The van der Waals surface area contributed by atoms with Crippen LogP contribution in [0, 0.1) is 13.8 Å². The summed E-state index contributed by atoms with van der Waals surface area (Å²) in [4.78, 5) is 35.7. The Bertz CT molecular complexity index is 943. The SMILES string of the molecule is COc1ccc(C)cc1NC(=O)CNC(=O)COC(=O)COc1ccc(C)cc1OC. The van der Waals surface area contributed by atoms with Crippen LogP contribution in [0.25, 0.3) is 0 Å². The Morgan fingerprint density at radius 2 is 1.45 bits per heavy atom. The lowest BCUT2D eigenvalue weighted by molar-refractivity contribution is -0.150. The topological polar surface area (TPSA) is 112 Å². The van der Waals surface area contributed by atoms with Gasteiger partial charge in [-0.3, -0.25) is 9.59 Å². The highest BCUT2D eigenvalue weighted by atomic mass is 16.6. The number of amides is 2. The van der Waals surface area contributed by atoms with Crippen LogP contribution in [0.5, 0.6) is 17.2 Å². The van der Waals surface area contributed by atoms with Gasteiger partial charge in [0.05, 0.1) is 26.5 Å². The summed E-state index contributed by atoms with van der Waals surface area (Å²) in [6.45, 7) is 2.57. The summed E-state index contributed by atoms with van der Waals surface area (Å²) >= 11 is 0. The molecular weight excluding hydrogens is 404 g/mol. The number of aryl methyl sites for hydroxylation is 2. The number of hydrogen-bond acceptors (Lipinski definition) is 7. The minimum Gasteiger partial charge on any atom is -0.495 e. The Morgan fingerprint density at radius 3 is 2.13 bits per heavy atom. The molecule has 2 amide bonds. The van der Waals surface area contributed by atoms with Crippen LogP contribution in [0.2, 0.25) is 0 Å². The van der Waals surface area contributed by atoms with Gasteiger partial charge >= 0.3 is 5.97 Å². The van der Waals surface area contributed by atoms with Gasteiger partial charge in [-0.1, -0.05) is 12.1 Å². The quantitative estimate of drug-likeness (QED) is 0.555. The van der Waals surface area contributed by atoms with E-state index in [4.69, 9.17) is 18.9 Å². The lowest BCUT2D eigenvalue weighted by atomic mass is 10.2. The first-order chi connectivity index (χ1) is 14.8. The molecule has 0 aliphatic heterocycles. The summed E-state index contributed by atoms with van der Waals surface area (Å²) in [5.74, 6) is -0.415. The summed E-state index contributed by atoms with van der Waals surface area (Å²) < 4.78 is 20.6. The molecule has 2 N–H and O–H groups in total. The van der Waals surface area contributed by atoms with Gasteiger partial charge in [-0.05, 0) is 49.2 Å². The van der Waals surface area contributed by atoms with Gasteiger partial charge in [0.1, 0.15) is 5.75 Å². The van der Waals surface area contributed by atoms with E-state index in [9.17, 15) is 14.4 Å². The number of nitrogens with one attached hydrogen (secondary N) is 2. The minimum absolute atomic E-state index is 0.287. The molecule has 0 atom stereocenters. The molecule has 0 aliphatic rings. The Balaban J connectivity index is 1.72. The van der Waals surface area contributed by atoms with Crippen LogP contribution in [0.3, 0.4) is 0 Å². The van der Waals surface area contributed by atoms with E-state index in [2.05, 4.69) is 10.6 Å². The standard InChI is InChI=1S/C22H26N2O7/c1-14-5-7-17(28-3)16(9-14)24-20(25)11-23-21(26)12-31-22(27)13-30-18-8-6-15(2)10-19(18)29-4/h5-10H,11-13H2,1-4H3,(H,23,26)(H,24,25). The summed E-state index contributed by atoms with van der Waals surface area (Å²) in [6, 6.07) is 10.6. The molecule has 0 saturated heterocycles. The Kier molecular flexibility index (Phi) is 8.68.